The molecular formula is C24H27N3O3S. The van der Waals surface area contributed by atoms with Gasteiger partial charge in [0.2, 0.25) is 5.91 Å². The summed E-state index contributed by atoms with van der Waals surface area (Å²) in [5.41, 5.74) is 1.86. The molecule has 0 saturated carbocycles. The highest BCUT2D eigenvalue weighted by Gasteiger charge is 2.35. The molecule has 4 rings (SSSR count). The Morgan fingerprint density at radius 2 is 1.77 bits per heavy atom. The number of benzene rings is 2. The summed E-state index contributed by atoms with van der Waals surface area (Å²) >= 11 is 0. The summed E-state index contributed by atoms with van der Waals surface area (Å²) in [6.07, 6.45) is 3.94. The molecule has 2 aromatic rings. The molecule has 2 aliphatic heterocycles. The molecule has 0 atom stereocenters. The zero-order valence-electron chi connectivity index (χ0n) is 17.5. The SMILES string of the molecule is C=CCN(CCc1ccccc1)C(=O)C1CCN(C2=NS(=O)(=O)c3ccccc32)CC1. The third-order valence-corrected chi connectivity index (χ3v) is 7.26. The average Bonchev–Trinajstić information content (AvgIpc) is 3.08. The van der Waals surface area contributed by atoms with E-state index in [1.165, 1.54) is 5.56 Å². The van der Waals surface area contributed by atoms with Crippen LogP contribution in [0.2, 0.25) is 0 Å². The maximum atomic E-state index is 13.2. The molecule has 1 fully saturated rings. The number of amides is 1. The molecule has 0 unspecified atom stereocenters. The third kappa shape index (κ3) is 4.56. The van der Waals surface area contributed by atoms with Crippen LogP contribution in [0.3, 0.4) is 0 Å². The number of carbonyl (C=O) groups is 1. The lowest BCUT2D eigenvalue weighted by atomic mass is 9.94. The van der Waals surface area contributed by atoms with Crippen molar-refractivity contribution in [1.82, 2.24) is 9.80 Å². The van der Waals surface area contributed by atoms with E-state index in [1.807, 2.05) is 34.1 Å². The second-order valence-corrected chi connectivity index (χ2v) is 9.53. The molecule has 31 heavy (non-hydrogen) atoms. The molecule has 2 aliphatic rings. The molecule has 1 saturated heterocycles. The molecule has 0 aliphatic carbocycles. The lowest BCUT2D eigenvalue weighted by Crippen LogP contribution is -2.45. The van der Waals surface area contributed by atoms with Gasteiger partial charge >= 0.3 is 0 Å². The van der Waals surface area contributed by atoms with Gasteiger partial charge in [0, 0.05) is 37.7 Å². The van der Waals surface area contributed by atoms with Gasteiger partial charge in [0.25, 0.3) is 10.0 Å². The van der Waals surface area contributed by atoms with Crippen molar-refractivity contribution in [3.63, 3.8) is 0 Å². The Bertz CT molecular complexity index is 1090. The van der Waals surface area contributed by atoms with Gasteiger partial charge in [0.15, 0.2) is 5.84 Å². The normalized spacial score (nSPS) is 17.7. The first kappa shape index (κ1) is 21.3. The smallest absolute Gasteiger partial charge is 0.285 e. The van der Waals surface area contributed by atoms with E-state index in [4.69, 9.17) is 0 Å². The lowest BCUT2D eigenvalue weighted by molar-refractivity contribution is -0.136. The molecule has 0 N–H and O–H groups in total. The van der Waals surface area contributed by atoms with Gasteiger partial charge in [-0.25, -0.2) is 0 Å². The minimum Gasteiger partial charge on any atom is -0.355 e. The van der Waals surface area contributed by atoms with Crippen molar-refractivity contribution in [3.05, 3.63) is 78.4 Å². The number of nitrogens with zero attached hydrogens (tertiary/aromatic N) is 3. The number of piperidine rings is 1. The Hall–Kier alpha value is -2.93. The Balaban J connectivity index is 1.39. The number of sulfonamides is 1. The Labute approximate surface area is 184 Å². The van der Waals surface area contributed by atoms with Gasteiger partial charge in [-0.1, -0.05) is 48.5 Å². The van der Waals surface area contributed by atoms with Crippen molar-refractivity contribution in [2.24, 2.45) is 10.3 Å². The Kier molecular flexibility index (Phi) is 6.23. The number of carbonyl (C=O) groups excluding carboxylic acids is 1. The van der Waals surface area contributed by atoms with E-state index in [-0.39, 0.29) is 16.7 Å². The molecule has 1 amide bonds. The van der Waals surface area contributed by atoms with E-state index in [2.05, 4.69) is 23.1 Å². The minimum atomic E-state index is -3.63. The summed E-state index contributed by atoms with van der Waals surface area (Å²) in [6, 6.07) is 17.1. The number of fused-ring (bicyclic) bond motifs is 1. The van der Waals surface area contributed by atoms with Crippen LogP contribution in [0.25, 0.3) is 0 Å². The van der Waals surface area contributed by atoms with Crippen LogP contribution < -0.4 is 0 Å². The fraction of sp³-hybridized carbons (Fsp3) is 0.333. The second-order valence-electron chi connectivity index (χ2n) is 7.96. The van der Waals surface area contributed by atoms with Crippen LogP contribution in [-0.4, -0.2) is 56.1 Å². The summed E-state index contributed by atoms with van der Waals surface area (Å²) in [5.74, 6) is 0.589. The molecule has 0 spiro atoms. The largest absolute Gasteiger partial charge is 0.355 e. The Morgan fingerprint density at radius 1 is 1.10 bits per heavy atom. The molecule has 162 valence electrons. The lowest BCUT2D eigenvalue weighted by Gasteiger charge is -2.35. The van der Waals surface area contributed by atoms with Crippen molar-refractivity contribution in [2.75, 3.05) is 26.2 Å². The van der Waals surface area contributed by atoms with E-state index in [9.17, 15) is 13.2 Å². The average molecular weight is 438 g/mol. The van der Waals surface area contributed by atoms with Gasteiger partial charge in [-0.3, -0.25) is 4.79 Å². The molecule has 2 aromatic carbocycles. The van der Waals surface area contributed by atoms with Crippen molar-refractivity contribution >= 4 is 21.8 Å². The fourth-order valence-corrected chi connectivity index (χ4v) is 5.50. The predicted octanol–water partition coefficient (Wildman–Crippen LogP) is 3.10. The van der Waals surface area contributed by atoms with E-state index < -0.39 is 10.0 Å². The maximum absolute atomic E-state index is 13.2. The molecule has 7 heteroatoms. The van der Waals surface area contributed by atoms with Gasteiger partial charge in [-0.15, -0.1) is 11.0 Å². The molecular weight excluding hydrogens is 410 g/mol. The standard InChI is InChI=1S/C24H27N3O3S/c1-2-15-27(16-12-19-8-4-3-5-9-19)24(28)20-13-17-26(18-14-20)23-21-10-6-7-11-22(21)31(29,30)25-23/h2-11,20H,1,12-18H2. The van der Waals surface area contributed by atoms with Crippen LogP contribution in [0, 0.1) is 5.92 Å². The van der Waals surface area contributed by atoms with Gasteiger partial charge in [-0.05, 0) is 37.0 Å². The van der Waals surface area contributed by atoms with Crippen molar-refractivity contribution in [3.8, 4) is 0 Å². The molecule has 2 heterocycles. The fourth-order valence-electron chi connectivity index (χ4n) is 4.27. The zero-order chi connectivity index (χ0) is 21.8. The van der Waals surface area contributed by atoms with Gasteiger partial charge < -0.3 is 9.80 Å². The van der Waals surface area contributed by atoms with Gasteiger partial charge in [0.05, 0.1) is 0 Å². The number of amidine groups is 1. The zero-order valence-corrected chi connectivity index (χ0v) is 18.3. The highest BCUT2D eigenvalue weighted by atomic mass is 32.2. The number of likely N-dealkylation sites (tertiary alicyclic amines) is 1. The van der Waals surface area contributed by atoms with Crippen LogP contribution >= 0.6 is 0 Å². The highest BCUT2D eigenvalue weighted by Crippen LogP contribution is 2.30. The maximum Gasteiger partial charge on any atom is 0.285 e. The summed E-state index contributed by atoms with van der Waals surface area (Å²) < 4.78 is 28.7. The first-order valence-corrected chi connectivity index (χ1v) is 12.1. The number of hydrogen-bond donors (Lipinski definition) is 0. The van der Waals surface area contributed by atoms with Crippen molar-refractivity contribution < 1.29 is 13.2 Å². The third-order valence-electron chi connectivity index (χ3n) is 5.93. The van der Waals surface area contributed by atoms with Gasteiger partial charge in [0.1, 0.15) is 4.90 Å². The van der Waals surface area contributed by atoms with E-state index >= 15 is 0 Å². The summed E-state index contributed by atoms with van der Waals surface area (Å²) in [4.78, 5) is 17.3. The van der Waals surface area contributed by atoms with Crippen LogP contribution in [-0.2, 0) is 21.2 Å². The van der Waals surface area contributed by atoms with E-state index in [0.29, 0.717) is 50.4 Å². The van der Waals surface area contributed by atoms with Crippen molar-refractivity contribution in [1.29, 1.82) is 0 Å². The number of hydrogen-bond acceptors (Lipinski definition) is 4. The molecule has 0 bridgehead atoms. The topological polar surface area (TPSA) is 70.1 Å². The molecule has 6 nitrogen and oxygen atoms in total. The van der Waals surface area contributed by atoms with E-state index in [1.54, 1.807) is 24.3 Å². The minimum absolute atomic E-state index is 0.0687. The van der Waals surface area contributed by atoms with E-state index in [0.717, 1.165) is 6.42 Å². The first-order chi connectivity index (χ1) is 15.0. The van der Waals surface area contributed by atoms with Crippen LogP contribution in [0.5, 0.6) is 0 Å². The van der Waals surface area contributed by atoms with Crippen LogP contribution in [0.1, 0.15) is 24.0 Å². The second kappa shape index (κ2) is 9.06. The quantitative estimate of drug-likeness (QED) is 0.651. The molecule has 0 radical (unpaired) electrons. The Morgan fingerprint density at radius 3 is 2.48 bits per heavy atom. The summed E-state index contributed by atoms with van der Waals surface area (Å²) in [7, 11) is -3.63. The molecule has 0 aromatic heterocycles. The highest BCUT2D eigenvalue weighted by molar-refractivity contribution is 7.90. The summed E-state index contributed by atoms with van der Waals surface area (Å²) in [6.45, 7) is 6.22. The monoisotopic (exact) mass is 437 g/mol. The predicted molar refractivity (Wildman–Crippen MR) is 121 cm³/mol. The van der Waals surface area contributed by atoms with Crippen LogP contribution in [0.4, 0.5) is 0 Å². The summed E-state index contributed by atoms with van der Waals surface area (Å²) in [5, 5.41) is 0. The van der Waals surface area contributed by atoms with Gasteiger partial charge in [-0.2, -0.15) is 8.42 Å². The van der Waals surface area contributed by atoms with Crippen molar-refractivity contribution in [2.45, 2.75) is 24.2 Å². The first-order valence-electron chi connectivity index (χ1n) is 10.6. The number of rotatable bonds is 6. The van der Waals surface area contributed by atoms with Crippen LogP contribution in [0.15, 0.2) is 76.5 Å².